The van der Waals surface area contributed by atoms with Gasteiger partial charge in [-0.15, -0.1) is 0 Å². The van der Waals surface area contributed by atoms with Crippen LogP contribution in [0, 0.1) is 5.92 Å². The first-order valence-electron chi connectivity index (χ1n) is 4.33. The lowest BCUT2D eigenvalue weighted by molar-refractivity contribution is 0.719. The highest BCUT2D eigenvalue weighted by Gasteiger charge is 2.11. The van der Waals surface area contributed by atoms with Crippen molar-refractivity contribution in [1.82, 2.24) is 0 Å². The van der Waals surface area contributed by atoms with Gasteiger partial charge in [-0.1, -0.05) is 31.2 Å². The van der Waals surface area contributed by atoms with Crippen LogP contribution in [0.15, 0.2) is 24.3 Å². The Morgan fingerprint density at radius 3 is 3.08 bits per heavy atom. The molecule has 0 bridgehead atoms. The summed E-state index contributed by atoms with van der Waals surface area (Å²) in [6.07, 6.45) is 5.49. The van der Waals surface area contributed by atoms with Crippen LogP contribution < -0.4 is 5.73 Å². The summed E-state index contributed by atoms with van der Waals surface area (Å²) < 4.78 is 0. The third-order valence-electron chi connectivity index (χ3n) is 2.38. The summed E-state index contributed by atoms with van der Waals surface area (Å²) in [6, 6.07) is 6.10. The fraction of sp³-hybridized carbons (Fsp3) is 0.273. The van der Waals surface area contributed by atoms with Gasteiger partial charge in [0.1, 0.15) is 0 Å². The molecule has 0 heterocycles. The Bertz CT molecular complexity index is 326. The summed E-state index contributed by atoms with van der Waals surface area (Å²) in [5.74, 6) is 0.627. The zero-order valence-corrected chi connectivity index (χ0v) is 7.25. The monoisotopic (exact) mass is 159 g/mol. The smallest absolute Gasteiger partial charge is 0.0352 e. The van der Waals surface area contributed by atoms with Gasteiger partial charge in [0.2, 0.25) is 0 Å². The second-order valence-electron chi connectivity index (χ2n) is 3.46. The fourth-order valence-corrected chi connectivity index (χ4v) is 1.67. The fourth-order valence-electron chi connectivity index (χ4n) is 1.67. The van der Waals surface area contributed by atoms with E-state index in [1.165, 1.54) is 11.1 Å². The minimum absolute atomic E-state index is 0.627. The van der Waals surface area contributed by atoms with Crippen LogP contribution in [0.4, 0.5) is 5.69 Å². The molecule has 12 heavy (non-hydrogen) atoms. The van der Waals surface area contributed by atoms with Crippen LogP contribution in [0.2, 0.25) is 0 Å². The maximum absolute atomic E-state index is 5.87. The number of allylic oxidation sites excluding steroid dienone is 1. The Balaban J connectivity index is 2.53. The molecule has 0 spiro atoms. The highest BCUT2D eigenvalue weighted by molar-refractivity contribution is 5.64. The van der Waals surface area contributed by atoms with Crippen molar-refractivity contribution in [1.29, 1.82) is 0 Å². The molecule has 0 aromatic heterocycles. The van der Waals surface area contributed by atoms with Crippen LogP contribution in [0.1, 0.15) is 18.1 Å². The Kier molecular flexibility index (Phi) is 1.65. The van der Waals surface area contributed by atoms with Gasteiger partial charge in [-0.3, -0.25) is 0 Å². The zero-order valence-electron chi connectivity index (χ0n) is 7.25. The normalized spacial score (nSPS) is 20.6. The van der Waals surface area contributed by atoms with Crippen molar-refractivity contribution in [3.63, 3.8) is 0 Å². The minimum atomic E-state index is 0.627. The number of rotatable bonds is 0. The molecule has 1 atom stereocenters. The number of hydrogen-bond donors (Lipinski definition) is 1. The average Bonchev–Trinajstić information content (AvgIpc) is 2.07. The molecular weight excluding hydrogens is 146 g/mol. The maximum atomic E-state index is 5.87. The molecule has 2 rings (SSSR count). The first kappa shape index (κ1) is 7.41. The predicted octanol–water partition coefficient (Wildman–Crippen LogP) is 2.47. The van der Waals surface area contributed by atoms with Gasteiger partial charge < -0.3 is 5.73 Å². The summed E-state index contributed by atoms with van der Waals surface area (Å²) in [5.41, 5.74) is 9.40. The van der Waals surface area contributed by atoms with Crippen molar-refractivity contribution in [3.05, 3.63) is 35.4 Å². The Hall–Kier alpha value is -1.24. The quantitative estimate of drug-likeness (QED) is 0.578. The second kappa shape index (κ2) is 2.67. The van der Waals surface area contributed by atoms with E-state index in [0.717, 1.165) is 12.1 Å². The minimum Gasteiger partial charge on any atom is -0.398 e. The van der Waals surface area contributed by atoms with E-state index in [2.05, 4.69) is 25.1 Å². The summed E-state index contributed by atoms with van der Waals surface area (Å²) in [4.78, 5) is 0. The van der Waals surface area contributed by atoms with Gasteiger partial charge in [-0.25, -0.2) is 0 Å². The van der Waals surface area contributed by atoms with Crippen molar-refractivity contribution in [2.24, 2.45) is 5.92 Å². The molecule has 1 nitrogen and oxygen atoms in total. The van der Waals surface area contributed by atoms with Gasteiger partial charge in [0.15, 0.2) is 0 Å². The largest absolute Gasteiger partial charge is 0.398 e. The van der Waals surface area contributed by atoms with Crippen molar-refractivity contribution in [3.8, 4) is 0 Å². The maximum Gasteiger partial charge on any atom is 0.0352 e. The zero-order chi connectivity index (χ0) is 8.55. The van der Waals surface area contributed by atoms with E-state index in [1.807, 2.05) is 12.1 Å². The molecule has 0 radical (unpaired) electrons. The molecule has 1 aliphatic carbocycles. The van der Waals surface area contributed by atoms with Crippen molar-refractivity contribution in [2.75, 3.05) is 5.73 Å². The van der Waals surface area contributed by atoms with Gasteiger partial charge in [0.25, 0.3) is 0 Å². The molecule has 0 amide bonds. The summed E-state index contributed by atoms with van der Waals surface area (Å²) in [6.45, 7) is 2.21. The molecule has 62 valence electrons. The van der Waals surface area contributed by atoms with Gasteiger partial charge in [-0.05, 0) is 29.5 Å². The molecule has 0 saturated heterocycles. The molecule has 0 fully saturated rings. The number of fused-ring (bicyclic) bond motifs is 1. The summed E-state index contributed by atoms with van der Waals surface area (Å²) >= 11 is 0. The lowest BCUT2D eigenvalue weighted by Crippen LogP contribution is -2.06. The molecule has 0 aliphatic heterocycles. The standard InChI is InChI=1S/C11H13N/c1-8-5-6-9-3-2-4-11(12)10(9)7-8/h2-6,8H,7,12H2,1H3. The topological polar surface area (TPSA) is 26.0 Å². The molecule has 1 aliphatic rings. The van der Waals surface area contributed by atoms with Crippen LogP contribution >= 0.6 is 0 Å². The van der Waals surface area contributed by atoms with E-state index in [-0.39, 0.29) is 0 Å². The SMILES string of the molecule is CC1C=Cc2cccc(N)c2C1. The lowest BCUT2D eigenvalue weighted by Gasteiger charge is -2.17. The summed E-state index contributed by atoms with van der Waals surface area (Å²) in [5, 5.41) is 0. The molecule has 1 aromatic carbocycles. The third kappa shape index (κ3) is 1.11. The Labute approximate surface area is 72.9 Å². The van der Waals surface area contributed by atoms with E-state index >= 15 is 0 Å². The molecule has 1 unspecified atom stereocenters. The van der Waals surface area contributed by atoms with Crippen LogP contribution in [0.25, 0.3) is 6.08 Å². The number of nitrogen functional groups attached to an aromatic ring is 1. The molecule has 1 aromatic rings. The van der Waals surface area contributed by atoms with Crippen LogP contribution in [-0.4, -0.2) is 0 Å². The van der Waals surface area contributed by atoms with Gasteiger partial charge >= 0.3 is 0 Å². The van der Waals surface area contributed by atoms with E-state index in [4.69, 9.17) is 5.73 Å². The van der Waals surface area contributed by atoms with E-state index < -0.39 is 0 Å². The Morgan fingerprint density at radius 2 is 2.25 bits per heavy atom. The first-order chi connectivity index (χ1) is 5.77. The number of nitrogens with two attached hydrogens (primary N) is 1. The number of hydrogen-bond acceptors (Lipinski definition) is 1. The van der Waals surface area contributed by atoms with Crippen LogP contribution in [0.5, 0.6) is 0 Å². The molecular formula is C11H13N. The number of anilines is 1. The van der Waals surface area contributed by atoms with Gasteiger partial charge in [0, 0.05) is 5.69 Å². The average molecular weight is 159 g/mol. The van der Waals surface area contributed by atoms with E-state index in [9.17, 15) is 0 Å². The van der Waals surface area contributed by atoms with Crippen molar-refractivity contribution < 1.29 is 0 Å². The predicted molar refractivity (Wildman–Crippen MR) is 52.8 cm³/mol. The Morgan fingerprint density at radius 1 is 1.42 bits per heavy atom. The van der Waals surface area contributed by atoms with Gasteiger partial charge in [0.05, 0.1) is 0 Å². The van der Waals surface area contributed by atoms with Crippen molar-refractivity contribution in [2.45, 2.75) is 13.3 Å². The molecule has 1 heteroatoms. The highest BCUT2D eigenvalue weighted by atomic mass is 14.6. The summed E-state index contributed by atoms with van der Waals surface area (Å²) in [7, 11) is 0. The second-order valence-corrected chi connectivity index (χ2v) is 3.46. The molecule has 2 N–H and O–H groups in total. The highest BCUT2D eigenvalue weighted by Crippen LogP contribution is 2.26. The first-order valence-corrected chi connectivity index (χ1v) is 4.33. The lowest BCUT2D eigenvalue weighted by atomic mass is 9.90. The molecule has 0 saturated carbocycles. The van der Waals surface area contributed by atoms with Gasteiger partial charge in [-0.2, -0.15) is 0 Å². The van der Waals surface area contributed by atoms with Crippen LogP contribution in [-0.2, 0) is 6.42 Å². The van der Waals surface area contributed by atoms with E-state index in [1.54, 1.807) is 0 Å². The number of benzene rings is 1. The van der Waals surface area contributed by atoms with Crippen LogP contribution in [0.3, 0.4) is 0 Å². The van der Waals surface area contributed by atoms with E-state index in [0.29, 0.717) is 5.92 Å². The van der Waals surface area contributed by atoms with Crippen molar-refractivity contribution >= 4 is 11.8 Å². The third-order valence-corrected chi connectivity index (χ3v) is 2.38.